The molecule has 1 amide bonds. The Bertz CT molecular complexity index is 922. The zero-order valence-electron chi connectivity index (χ0n) is 14.2. The maximum atomic E-state index is 13.8. The summed E-state index contributed by atoms with van der Waals surface area (Å²) in [5, 5.41) is 11.1. The third-order valence-electron chi connectivity index (χ3n) is 4.38. The van der Waals surface area contributed by atoms with Crippen LogP contribution in [0.3, 0.4) is 0 Å². The molecule has 0 aromatic heterocycles. The number of amides is 1. The molecule has 1 heterocycles. The van der Waals surface area contributed by atoms with Crippen LogP contribution in [0.25, 0.3) is 0 Å². The number of carbonyl (C=O) groups is 1. The van der Waals surface area contributed by atoms with E-state index >= 15 is 0 Å². The highest BCUT2D eigenvalue weighted by atomic mass is 35.5. The van der Waals surface area contributed by atoms with Gasteiger partial charge in [0.2, 0.25) is 0 Å². The molecule has 2 aromatic rings. The number of benzene rings is 2. The van der Waals surface area contributed by atoms with Gasteiger partial charge in [-0.25, -0.2) is 4.39 Å². The van der Waals surface area contributed by atoms with Gasteiger partial charge in [0.05, 0.1) is 23.1 Å². The minimum Gasteiger partial charge on any atom is -0.370 e. The third-order valence-corrected chi connectivity index (χ3v) is 5.00. The van der Waals surface area contributed by atoms with Crippen LogP contribution in [-0.4, -0.2) is 35.4 Å². The fourth-order valence-corrected chi connectivity index (χ4v) is 3.49. The van der Waals surface area contributed by atoms with E-state index in [1.54, 1.807) is 11.8 Å². The van der Waals surface area contributed by atoms with Crippen molar-refractivity contribution in [3.8, 4) is 0 Å². The molecule has 27 heavy (non-hydrogen) atoms. The average Bonchev–Trinajstić information content (AvgIpc) is 2.63. The lowest BCUT2D eigenvalue weighted by Gasteiger charge is -2.33. The van der Waals surface area contributed by atoms with Crippen LogP contribution >= 0.6 is 23.2 Å². The standard InChI is InChI=1S/C18H15Cl2FN2O4/c1-10-6-11(2-3-16(10)23(25)26)18(24)22-4-5-27-17(9-22)12-7-15(21)14(20)8-13(12)19/h2-3,6-8,17H,4-5,9H2,1H3. The number of nitro benzene ring substituents is 1. The first-order valence-electron chi connectivity index (χ1n) is 8.08. The summed E-state index contributed by atoms with van der Waals surface area (Å²) in [5.41, 5.74) is 1.11. The summed E-state index contributed by atoms with van der Waals surface area (Å²) in [7, 11) is 0. The molecule has 6 nitrogen and oxygen atoms in total. The van der Waals surface area contributed by atoms with E-state index in [9.17, 15) is 19.3 Å². The SMILES string of the molecule is Cc1cc(C(=O)N2CCOC(c3cc(F)c(Cl)cc3Cl)C2)ccc1[N+](=O)[O-]. The van der Waals surface area contributed by atoms with Crippen molar-refractivity contribution in [3.63, 3.8) is 0 Å². The van der Waals surface area contributed by atoms with Crippen LogP contribution < -0.4 is 0 Å². The molecule has 0 spiro atoms. The second kappa shape index (κ2) is 7.80. The van der Waals surface area contributed by atoms with Gasteiger partial charge in [0, 0.05) is 34.3 Å². The second-order valence-corrected chi connectivity index (χ2v) is 6.97. The lowest BCUT2D eigenvalue weighted by Crippen LogP contribution is -2.42. The van der Waals surface area contributed by atoms with Gasteiger partial charge in [-0.3, -0.25) is 14.9 Å². The summed E-state index contributed by atoms with van der Waals surface area (Å²) in [5.74, 6) is -0.902. The Morgan fingerprint density at radius 3 is 2.70 bits per heavy atom. The zero-order valence-corrected chi connectivity index (χ0v) is 15.8. The van der Waals surface area contributed by atoms with Gasteiger partial charge >= 0.3 is 0 Å². The van der Waals surface area contributed by atoms with Crippen molar-refractivity contribution in [3.05, 3.63) is 73.0 Å². The predicted octanol–water partition coefficient (Wildman–Crippen LogP) is 4.56. The number of nitrogens with zero attached hydrogens (tertiary/aromatic N) is 2. The molecule has 1 aliphatic rings. The largest absolute Gasteiger partial charge is 0.370 e. The van der Waals surface area contributed by atoms with Gasteiger partial charge in [0.25, 0.3) is 11.6 Å². The molecule has 1 aliphatic heterocycles. The molecule has 0 radical (unpaired) electrons. The minimum atomic E-state index is -0.617. The maximum Gasteiger partial charge on any atom is 0.272 e. The van der Waals surface area contributed by atoms with Crippen LogP contribution in [0.2, 0.25) is 10.0 Å². The fraction of sp³-hybridized carbons (Fsp3) is 0.278. The summed E-state index contributed by atoms with van der Waals surface area (Å²) in [6, 6.07) is 6.73. The van der Waals surface area contributed by atoms with Crippen molar-refractivity contribution < 1.29 is 18.8 Å². The predicted molar refractivity (Wildman–Crippen MR) is 98.8 cm³/mol. The van der Waals surface area contributed by atoms with Crippen LogP contribution in [0.4, 0.5) is 10.1 Å². The van der Waals surface area contributed by atoms with E-state index in [4.69, 9.17) is 27.9 Å². The molecule has 2 aromatic carbocycles. The monoisotopic (exact) mass is 412 g/mol. The molecule has 1 atom stereocenters. The molecule has 1 saturated heterocycles. The number of aryl methyl sites for hydroxylation is 1. The summed E-state index contributed by atoms with van der Waals surface area (Å²) in [4.78, 5) is 24.8. The Labute approximate surface area is 164 Å². The molecule has 142 valence electrons. The van der Waals surface area contributed by atoms with Gasteiger partial charge in [-0.15, -0.1) is 0 Å². The van der Waals surface area contributed by atoms with Gasteiger partial charge in [-0.05, 0) is 31.2 Å². The molecular formula is C18H15Cl2FN2O4. The molecule has 0 bridgehead atoms. The average molecular weight is 413 g/mol. The minimum absolute atomic E-state index is 0.0465. The van der Waals surface area contributed by atoms with Gasteiger partial charge in [-0.2, -0.15) is 0 Å². The Morgan fingerprint density at radius 2 is 2.04 bits per heavy atom. The molecule has 0 aliphatic carbocycles. The van der Waals surface area contributed by atoms with E-state index in [1.807, 2.05) is 0 Å². The van der Waals surface area contributed by atoms with E-state index in [0.717, 1.165) is 0 Å². The van der Waals surface area contributed by atoms with Crippen LogP contribution in [-0.2, 0) is 4.74 Å². The van der Waals surface area contributed by atoms with Gasteiger partial charge in [-0.1, -0.05) is 23.2 Å². The topological polar surface area (TPSA) is 72.7 Å². The van der Waals surface area contributed by atoms with Crippen LogP contribution in [0.5, 0.6) is 0 Å². The number of nitro groups is 1. The molecule has 1 fully saturated rings. The summed E-state index contributed by atoms with van der Waals surface area (Å²) in [6.45, 7) is 2.35. The van der Waals surface area contributed by atoms with Gasteiger partial charge in [0.15, 0.2) is 0 Å². The molecule has 9 heteroatoms. The van der Waals surface area contributed by atoms with Crippen molar-refractivity contribution >= 4 is 34.8 Å². The normalized spacial score (nSPS) is 17.0. The maximum absolute atomic E-state index is 13.8. The first-order chi connectivity index (χ1) is 12.8. The number of ether oxygens (including phenoxy) is 1. The first-order valence-corrected chi connectivity index (χ1v) is 8.84. The first kappa shape index (κ1) is 19.5. The second-order valence-electron chi connectivity index (χ2n) is 6.16. The zero-order chi connectivity index (χ0) is 19.7. The molecule has 0 N–H and O–H groups in total. The van der Waals surface area contributed by atoms with Crippen molar-refractivity contribution in [2.24, 2.45) is 0 Å². The molecular weight excluding hydrogens is 398 g/mol. The number of rotatable bonds is 3. The van der Waals surface area contributed by atoms with E-state index in [1.165, 1.54) is 30.3 Å². The quantitative estimate of drug-likeness (QED) is 0.420. The summed E-state index contributed by atoms with van der Waals surface area (Å²) in [6.07, 6.45) is -0.596. The molecule has 0 saturated carbocycles. The Morgan fingerprint density at radius 1 is 1.30 bits per heavy atom. The fourth-order valence-electron chi connectivity index (χ4n) is 2.98. The number of halogens is 3. The number of carbonyl (C=O) groups excluding carboxylic acids is 1. The van der Waals surface area contributed by atoms with Crippen molar-refractivity contribution in [1.82, 2.24) is 4.90 Å². The van der Waals surface area contributed by atoms with Crippen LogP contribution in [0, 0.1) is 22.9 Å². The number of hydrogen-bond donors (Lipinski definition) is 0. The molecule has 3 rings (SSSR count). The highest BCUT2D eigenvalue weighted by Crippen LogP contribution is 2.33. The van der Waals surface area contributed by atoms with Crippen molar-refractivity contribution in [2.45, 2.75) is 13.0 Å². The Hall–Kier alpha value is -2.22. The van der Waals surface area contributed by atoms with E-state index in [-0.39, 0.29) is 34.8 Å². The van der Waals surface area contributed by atoms with Crippen LogP contribution in [0.15, 0.2) is 30.3 Å². The summed E-state index contributed by atoms with van der Waals surface area (Å²) >= 11 is 11.9. The Balaban J connectivity index is 1.82. The van der Waals surface area contributed by atoms with Crippen LogP contribution in [0.1, 0.15) is 27.6 Å². The third kappa shape index (κ3) is 4.05. The number of morpholine rings is 1. The van der Waals surface area contributed by atoms with Crippen molar-refractivity contribution in [2.75, 3.05) is 19.7 Å². The van der Waals surface area contributed by atoms with Crippen molar-refractivity contribution in [1.29, 1.82) is 0 Å². The highest BCUT2D eigenvalue weighted by molar-refractivity contribution is 6.35. The van der Waals surface area contributed by atoms with Gasteiger partial charge in [0.1, 0.15) is 11.9 Å². The summed E-state index contributed by atoms with van der Waals surface area (Å²) < 4.78 is 19.5. The Kier molecular flexibility index (Phi) is 5.64. The van der Waals surface area contributed by atoms with E-state index in [0.29, 0.717) is 23.2 Å². The highest BCUT2D eigenvalue weighted by Gasteiger charge is 2.28. The van der Waals surface area contributed by atoms with Gasteiger partial charge < -0.3 is 9.64 Å². The van der Waals surface area contributed by atoms with E-state index < -0.39 is 16.8 Å². The lowest BCUT2D eigenvalue weighted by atomic mass is 10.1. The van der Waals surface area contributed by atoms with E-state index in [2.05, 4.69) is 0 Å². The number of hydrogen-bond acceptors (Lipinski definition) is 4. The smallest absolute Gasteiger partial charge is 0.272 e. The lowest BCUT2D eigenvalue weighted by molar-refractivity contribution is -0.385. The molecule has 1 unspecified atom stereocenters.